The molecule has 2 aliphatic rings. The van der Waals surface area contributed by atoms with Gasteiger partial charge in [0.05, 0.1) is 30.9 Å². The molecule has 39 heavy (non-hydrogen) atoms. The SMILES string of the molecule is N#CCCCc1ccc2c(c1)[C@@H]1C[C@H]2OC/C=C\CCCCC(=O)N[C@@H](Cc2cc(F)cc(F)c2)[C@H](O)CN1. The molecule has 0 radical (unpaired) electrons. The van der Waals surface area contributed by atoms with Crippen molar-refractivity contribution in [3.8, 4) is 6.07 Å². The van der Waals surface area contributed by atoms with Gasteiger partial charge >= 0.3 is 0 Å². The van der Waals surface area contributed by atoms with Crippen molar-refractivity contribution in [3.63, 3.8) is 0 Å². The molecule has 2 bridgehead atoms. The Bertz CT molecular complexity index is 1180. The smallest absolute Gasteiger partial charge is 0.220 e. The number of aryl methyl sites for hydroxylation is 1. The fraction of sp³-hybridized carbons (Fsp3) is 0.484. The molecule has 4 rings (SSSR count). The van der Waals surface area contributed by atoms with Crippen LogP contribution < -0.4 is 10.6 Å². The van der Waals surface area contributed by atoms with Gasteiger partial charge in [-0.2, -0.15) is 5.26 Å². The Hall–Kier alpha value is -3.12. The summed E-state index contributed by atoms with van der Waals surface area (Å²) >= 11 is 0. The van der Waals surface area contributed by atoms with Crippen molar-refractivity contribution < 1.29 is 23.4 Å². The highest BCUT2D eigenvalue weighted by molar-refractivity contribution is 5.76. The zero-order valence-corrected chi connectivity index (χ0v) is 22.2. The molecule has 0 saturated carbocycles. The van der Waals surface area contributed by atoms with Gasteiger partial charge in [-0.05, 0) is 79.3 Å². The monoisotopic (exact) mass is 537 g/mol. The fourth-order valence-electron chi connectivity index (χ4n) is 5.42. The summed E-state index contributed by atoms with van der Waals surface area (Å²) in [5, 5.41) is 26.4. The van der Waals surface area contributed by atoms with Gasteiger partial charge < -0.3 is 20.5 Å². The summed E-state index contributed by atoms with van der Waals surface area (Å²) in [5.74, 6) is -1.58. The van der Waals surface area contributed by atoms with Gasteiger partial charge in [-0.3, -0.25) is 4.79 Å². The van der Waals surface area contributed by atoms with Gasteiger partial charge in [0.15, 0.2) is 0 Å². The van der Waals surface area contributed by atoms with Gasteiger partial charge in [0.25, 0.3) is 0 Å². The van der Waals surface area contributed by atoms with Gasteiger partial charge in [0.2, 0.25) is 5.91 Å². The van der Waals surface area contributed by atoms with Crippen molar-refractivity contribution in [3.05, 3.63) is 82.4 Å². The Kier molecular flexibility index (Phi) is 10.6. The molecule has 0 aromatic heterocycles. The number of carbonyl (C=O) groups is 1. The first-order valence-electron chi connectivity index (χ1n) is 13.8. The van der Waals surface area contributed by atoms with Gasteiger partial charge in [-0.15, -0.1) is 0 Å². The van der Waals surface area contributed by atoms with Crippen LogP contribution in [0.15, 0.2) is 48.6 Å². The van der Waals surface area contributed by atoms with Crippen molar-refractivity contribution in [1.82, 2.24) is 10.6 Å². The average Bonchev–Trinajstić information content (AvgIpc) is 3.24. The number of hydrogen-bond acceptors (Lipinski definition) is 5. The standard InChI is InChI=1S/C31H37F2N3O3/c32-23-14-22(15-24(33)18-23)17-28-29(37)20-35-27-19-30(39-13-7-3-1-2-4-9-31(38)36-28)25-11-10-21(16-26(25)27)8-5-6-12-34/h3,7,10-11,14-16,18,27-30,35,37H,1-2,4-6,8-9,13,17,19-20H2,(H,36,38)/b7-3-/t27-,28-,29+,30+/m0/s1. The third-order valence-corrected chi connectivity index (χ3v) is 7.42. The number of nitrogens with zero attached hydrogens (tertiary/aromatic N) is 1. The summed E-state index contributed by atoms with van der Waals surface area (Å²) in [7, 11) is 0. The van der Waals surface area contributed by atoms with E-state index in [1.165, 1.54) is 12.1 Å². The number of carbonyl (C=O) groups excluding carboxylic acids is 1. The number of amides is 1. The van der Waals surface area contributed by atoms with E-state index in [-0.39, 0.29) is 31.0 Å². The Morgan fingerprint density at radius 3 is 2.67 bits per heavy atom. The summed E-state index contributed by atoms with van der Waals surface area (Å²) in [4.78, 5) is 12.7. The molecule has 1 amide bonds. The van der Waals surface area contributed by atoms with Crippen LogP contribution in [0.5, 0.6) is 0 Å². The molecule has 2 aromatic rings. The Morgan fingerprint density at radius 1 is 1.05 bits per heavy atom. The van der Waals surface area contributed by atoms with Crippen LogP contribution in [0, 0.1) is 23.0 Å². The van der Waals surface area contributed by atoms with E-state index in [2.05, 4.69) is 41.0 Å². The van der Waals surface area contributed by atoms with Crippen LogP contribution in [-0.2, 0) is 22.4 Å². The molecule has 2 aromatic carbocycles. The van der Waals surface area contributed by atoms with Crippen LogP contribution in [0.4, 0.5) is 8.78 Å². The zero-order valence-electron chi connectivity index (χ0n) is 22.2. The number of unbranched alkanes of at least 4 members (excludes halogenated alkanes) is 1. The van der Waals surface area contributed by atoms with Crippen LogP contribution in [-0.4, -0.2) is 36.3 Å². The summed E-state index contributed by atoms with van der Waals surface area (Å²) in [6.07, 6.45) is 8.61. The van der Waals surface area contributed by atoms with Gasteiger partial charge in [-0.25, -0.2) is 8.78 Å². The number of hydrogen-bond donors (Lipinski definition) is 3. The Balaban J connectivity index is 1.54. The summed E-state index contributed by atoms with van der Waals surface area (Å²) in [6, 6.07) is 11.0. The quantitative estimate of drug-likeness (QED) is 0.364. The molecular formula is C31H37F2N3O3. The summed E-state index contributed by atoms with van der Waals surface area (Å²) < 4.78 is 33.9. The molecule has 1 heterocycles. The topological polar surface area (TPSA) is 94.4 Å². The second-order valence-electron chi connectivity index (χ2n) is 10.4. The van der Waals surface area contributed by atoms with E-state index in [9.17, 15) is 18.7 Å². The molecule has 1 aliphatic carbocycles. The molecule has 0 saturated heterocycles. The minimum Gasteiger partial charge on any atom is -0.390 e. The molecule has 4 atom stereocenters. The molecule has 0 fully saturated rings. The minimum absolute atomic E-state index is 0.0711. The average molecular weight is 538 g/mol. The lowest BCUT2D eigenvalue weighted by Gasteiger charge is -2.26. The number of rotatable bonds is 5. The van der Waals surface area contributed by atoms with Crippen molar-refractivity contribution in [1.29, 1.82) is 5.26 Å². The number of halogens is 2. The number of fused-ring (bicyclic) bond motifs is 5. The van der Waals surface area contributed by atoms with Crippen LogP contribution in [0.3, 0.4) is 0 Å². The molecule has 1 aliphatic heterocycles. The van der Waals surface area contributed by atoms with Crippen LogP contribution >= 0.6 is 0 Å². The number of benzene rings is 2. The lowest BCUT2D eigenvalue weighted by Crippen LogP contribution is -2.49. The normalized spacial score (nSPS) is 25.2. The van der Waals surface area contributed by atoms with Gasteiger partial charge in [0, 0.05) is 31.5 Å². The van der Waals surface area contributed by atoms with E-state index < -0.39 is 23.8 Å². The maximum Gasteiger partial charge on any atom is 0.220 e. The maximum atomic E-state index is 13.8. The molecule has 6 nitrogen and oxygen atoms in total. The first-order chi connectivity index (χ1) is 18.9. The highest BCUT2D eigenvalue weighted by Gasteiger charge is 2.33. The summed E-state index contributed by atoms with van der Waals surface area (Å²) in [6.45, 7) is 0.675. The van der Waals surface area contributed by atoms with E-state index in [1.54, 1.807) is 0 Å². The lowest BCUT2D eigenvalue weighted by molar-refractivity contribution is -0.122. The number of ether oxygens (including phenoxy) is 1. The number of nitriles is 1. The molecule has 208 valence electrons. The number of allylic oxidation sites excluding steroid dienone is 1. The first-order valence-corrected chi connectivity index (χ1v) is 13.8. The zero-order chi connectivity index (χ0) is 27.6. The maximum absolute atomic E-state index is 13.8. The molecule has 3 N–H and O–H groups in total. The van der Waals surface area contributed by atoms with E-state index in [0.29, 0.717) is 37.9 Å². The predicted molar refractivity (Wildman–Crippen MR) is 145 cm³/mol. The van der Waals surface area contributed by atoms with Gasteiger partial charge in [-0.1, -0.05) is 30.4 Å². The van der Waals surface area contributed by atoms with Crippen molar-refractivity contribution in [2.24, 2.45) is 0 Å². The largest absolute Gasteiger partial charge is 0.390 e. The molecular weight excluding hydrogens is 500 g/mol. The first kappa shape index (κ1) is 28.9. The van der Waals surface area contributed by atoms with Crippen LogP contribution in [0.25, 0.3) is 0 Å². The number of aliphatic hydroxyl groups excluding tert-OH is 1. The highest BCUT2D eigenvalue weighted by atomic mass is 19.1. The minimum atomic E-state index is -0.986. The van der Waals surface area contributed by atoms with Gasteiger partial charge in [0.1, 0.15) is 11.6 Å². The third-order valence-electron chi connectivity index (χ3n) is 7.42. The number of nitrogens with one attached hydrogen (secondary N) is 2. The van der Waals surface area contributed by atoms with Crippen LogP contribution in [0.2, 0.25) is 0 Å². The Labute approximate surface area is 229 Å². The fourth-order valence-corrected chi connectivity index (χ4v) is 5.42. The number of aliphatic hydroxyl groups is 1. The number of β-amino-alcohol motifs (C(OH)–C–C–N with tert-alkyl or cyclic N) is 1. The van der Waals surface area contributed by atoms with Crippen molar-refractivity contribution >= 4 is 5.91 Å². The Morgan fingerprint density at radius 2 is 1.87 bits per heavy atom. The van der Waals surface area contributed by atoms with E-state index in [1.807, 2.05) is 6.08 Å². The van der Waals surface area contributed by atoms with Crippen molar-refractivity contribution in [2.75, 3.05) is 13.2 Å². The third kappa shape index (κ3) is 8.43. The second kappa shape index (κ2) is 14.3. The predicted octanol–water partition coefficient (Wildman–Crippen LogP) is 5.12. The van der Waals surface area contributed by atoms with E-state index >= 15 is 0 Å². The lowest BCUT2D eigenvalue weighted by atomic mass is 9.99. The highest BCUT2D eigenvalue weighted by Crippen LogP contribution is 2.41. The summed E-state index contributed by atoms with van der Waals surface area (Å²) in [5.41, 5.74) is 3.74. The van der Waals surface area contributed by atoms with Crippen molar-refractivity contribution in [2.45, 2.75) is 82.1 Å². The van der Waals surface area contributed by atoms with Crippen LogP contribution in [0.1, 0.15) is 79.3 Å². The molecule has 0 unspecified atom stereocenters. The molecule has 8 heteroatoms. The molecule has 0 spiro atoms. The van der Waals surface area contributed by atoms with E-state index in [4.69, 9.17) is 10.00 Å². The second-order valence-corrected chi connectivity index (χ2v) is 10.4. The van der Waals surface area contributed by atoms with E-state index in [0.717, 1.165) is 48.4 Å².